The van der Waals surface area contributed by atoms with Crippen molar-refractivity contribution in [1.82, 2.24) is 5.32 Å². The number of hydrogen-bond donors (Lipinski definition) is 1. The quantitative estimate of drug-likeness (QED) is 0.903. The minimum atomic E-state index is -0.924. The molecule has 0 heterocycles. The Labute approximate surface area is 114 Å². The monoisotopic (exact) mass is 256 g/mol. The molecular weight excluding hydrogens is 236 g/mol. The van der Waals surface area contributed by atoms with Gasteiger partial charge in [-0.3, -0.25) is 4.79 Å². The van der Waals surface area contributed by atoms with Gasteiger partial charge in [-0.05, 0) is 43.7 Å². The second kappa shape index (κ2) is 5.44. The molecule has 1 aliphatic carbocycles. The molecule has 1 aromatic carbocycles. The molecule has 1 amide bonds. The van der Waals surface area contributed by atoms with Crippen LogP contribution in [-0.4, -0.2) is 5.91 Å². The van der Waals surface area contributed by atoms with E-state index in [9.17, 15) is 4.79 Å². The van der Waals surface area contributed by atoms with E-state index in [0.717, 1.165) is 19.3 Å². The Bertz CT molecular complexity index is 518. The van der Waals surface area contributed by atoms with Crippen LogP contribution in [0.25, 0.3) is 0 Å². The number of hydrogen-bond acceptors (Lipinski definition) is 2. The molecule has 19 heavy (non-hydrogen) atoms. The zero-order chi connectivity index (χ0) is 13.9. The lowest BCUT2D eigenvalue weighted by Gasteiger charge is -2.29. The summed E-state index contributed by atoms with van der Waals surface area (Å²) in [5.74, 6) is -0.154. The molecule has 0 saturated carbocycles. The van der Waals surface area contributed by atoms with Gasteiger partial charge >= 0.3 is 0 Å². The number of aryl methyl sites for hydroxylation is 1. The highest BCUT2D eigenvalue weighted by Crippen LogP contribution is 2.31. The molecule has 0 spiro atoms. The number of rotatable bonds is 3. The third kappa shape index (κ3) is 2.63. The number of carbonyl (C=O) groups is 1. The molecule has 2 atom stereocenters. The van der Waals surface area contributed by atoms with E-state index in [1.165, 1.54) is 11.1 Å². The Kier molecular flexibility index (Phi) is 3.90. The first-order chi connectivity index (χ1) is 9.10. The van der Waals surface area contributed by atoms with E-state index < -0.39 is 5.41 Å². The van der Waals surface area contributed by atoms with Crippen LogP contribution in [0.2, 0.25) is 0 Å². The molecule has 2 rings (SSSR count). The molecule has 100 valence electrons. The molecule has 0 aromatic heterocycles. The Morgan fingerprint density at radius 3 is 2.95 bits per heavy atom. The number of fused-ring (bicyclic) bond motifs is 1. The lowest BCUT2D eigenvalue weighted by atomic mass is 9.85. The average Bonchev–Trinajstić information content (AvgIpc) is 2.46. The highest BCUT2D eigenvalue weighted by atomic mass is 16.2. The lowest BCUT2D eigenvalue weighted by Crippen LogP contribution is -2.40. The maximum absolute atomic E-state index is 12.3. The normalized spacial score (nSPS) is 20.8. The van der Waals surface area contributed by atoms with Crippen LogP contribution in [0, 0.1) is 16.7 Å². The van der Waals surface area contributed by atoms with Gasteiger partial charge in [-0.1, -0.05) is 31.2 Å². The predicted molar refractivity (Wildman–Crippen MR) is 74.3 cm³/mol. The summed E-state index contributed by atoms with van der Waals surface area (Å²) in [6, 6.07) is 10.4. The summed E-state index contributed by atoms with van der Waals surface area (Å²) in [4.78, 5) is 12.3. The number of benzene rings is 1. The van der Waals surface area contributed by atoms with Crippen molar-refractivity contribution in [1.29, 1.82) is 5.26 Å². The molecule has 1 N–H and O–H groups in total. The topological polar surface area (TPSA) is 52.9 Å². The Balaban J connectivity index is 2.18. The fourth-order valence-electron chi connectivity index (χ4n) is 2.51. The van der Waals surface area contributed by atoms with Gasteiger partial charge in [-0.25, -0.2) is 0 Å². The van der Waals surface area contributed by atoms with Crippen molar-refractivity contribution in [3.05, 3.63) is 35.4 Å². The first-order valence-corrected chi connectivity index (χ1v) is 6.90. The minimum absolute atomic E-state index is 0.0525. The number of carbonyl (C=O) groups excluding carboxylic acids is 1. The predicted octanol–water partition coefficient (Wildman–Crippen LogP) is 3.12. The summed E-state index contributed by atoms with van der Waals surface area (Å²) < 4.78 is 0. The highest BCUT2D eigenvalue weighted by molar-refractivity contribution is 5.85. The lowest BCUT2D eigenvalue weighted by molar-refractivity contribution is -0.128. The SMILES string of the molecule is CCC(C)(C#N)C(=O)NC1CCCc2ccccc21. The van der Waals surface area contributed by atoms with E-state index in [2.05, 4.69) is 23.5 Å². The molecule has 2 unspecified atom stereocenters. The molecule has 3 nitrogen and oxygen atoms in total. The van der Waals surface area contributed by atoms with E-state index in [4.69, 9.17) is 5.26 Å². The molecule has 0 bridgehead atoms. The van der Waals surface area contributed by atoms with Crippen LogP contribution in [0.15, 0.2) is 24.3 Å². The van der Waals surface area contributed by atoms with E-state index in [-0.39, 0.29) is 11.9 Å². The largest absolute Gasteiger partial charge is 0.348 e. The van der Waals surface area contributed by atoms with Gasteiger partial charge in [0.2, 0.25) is 5.91 Å². The summed E-state index contributed by atoms with van der Waals surface area (Å²) in [5, 5.41) is 12.2. The third-order valence-corrected chi connectivity index (χ3v) is 4.13. The van der Waals surface area contributed by atoms with Gasteiger partial charge in [0.25, 0.3) is 0 Å². The van der Waals surface area contributed by atoms with Crippen LogP contribution in [0.3, 0.4) is 0 Å². The smallest absolute Gasteiger partial charge is 0.240 e. The zero-order valence-corrected chi connectivity index (χ0v) is 11.6. The summed E-state index contributed by atoms with van der Waals surface area (Å²) in [5.41, 5.74) is 1.60. The fraction of sp³-hybridized carbons (Fsp3) is 0.500. The van der Waals surface area contributed by atoms with E-state index in [1.54, 1.807) is 6.92 Å². The van der Waals surface area contributed by atoms with Gasteiger partial charge in [-0.15, -0.1) is 0 Å². The number of nitrogens with one attached hydrogen (secondary N) is 1. The van der Waals surface area contributed by atoms with Gasteiger partial charge in [0.05, 0.1) is 12.1 Å². The highest BCUT2D eigenvalue weighted by Gasteiger charge is 2.33. The zero-order valence-electron chi connectivity index (χ0n) is 11.6. The molecule has 1 aliphatic rings. The molecule has 3 heteroatoms. The average molecular weight is 256 g/mol. The summed E-state index contributed by atoms with van der Waals surface area (Å²) in [6.07, 6.45) is 3.64. The van der Waals surface area contributed by atoms with Crippen molar-refractivity contribution in [3.63, 3.8) is 0 Å². The number of nitriles is 1. The first-order valence-electron chi connectivity index (χ1n) is 6.90. The first kappa shape index (κ1) is 13.6. The van der Waals surface area contributed by atoms with Gasteiger partial charge in [0.15, 0.2) is 0 Å². The molecule has 0 aliphatic heterocycles. The second-order valence-electron chi connectivity index (χ2n) is 5.41. The summed E-state index contributed by atoms with van der Waals surface area (Å²) in [6.45, 7) is 3.58. The number of nitrogens with zero attached hydrogens (tertiary/aromatic N) is 1. The van der Waals surface area contributed by atoms with E-state index in [1.807, 2.05) is 19.1 Å². The van der Waals surface area contributed by atoms with Crippen molar-refractivity contribution >= 4 is 5.91 Å². The van der Waals surface area contributed by atoms with Gasteiger partial charge in [0, 0.05) is 0 Å². The van der Waals surface area contributed by atoms with Crippen LogP contribution in [0.4, 0.5) is 0 Å². The maximum atomic E-state index is 12.3. The Morgan fingerprint density at radius 1 is 1.53 bits per heavy atom. The second-order valence-corrected chi connectivity index (χ2v) is 5.41. The summed E-state index contributed by atoms with van der Waals surface area (Å²) >= 11 is 0. The molecular formula is C16H20N2O. The minimum Gasteiger partial charge on any atom is -0.348 e. The van der Waals surface area contributed by atoms with Gasteiger partial charge in [0.1, 0.15) is 5.41 Å². The molecule has 0 radical (unpaired) electrons. The van der Waals surface area contributed by atoms with Gasteiger partial charge < -0.3 is 5.32 Å². The van der Waals surface area contributed by atoms with E-state index >= 15 is 0 Å². The Morgan fingerprint density at radius 2 is 2.26 bits per heavy atom. The van der Waals surface area contributed by atoms with Crippen LogP contribution in [0.5, 0.6) is 0 Å². The van der Waals surface area contributed by atoms with Crippen LogP contribution in [0.1, 0.15) is 50.3 Å². The van der Waals surface area contributed by atoms with Crippen molar-refractivity contribution in [3.8, 4) is 6.07 Å². The van der Waals surface area contributed by atoms with Gasteiger partial charge in [-0.2, -0.15) is 5.26 Å². The van der Waals surface area contributed by atoms with Crippen LogP contribution in [-0.2, 0) is 11.2 Å². The van der Waals surface area contributed by atoms with Crippen molar-refractivity contribution in [2.45, 2.75) is 45.6 Å². The molecule has 1 aromatic rings. The maximum Gasteiger partial charge on any atom is 0.240 e. The molecule has 0 saturated heterocycles. The van der Waals surface area contributed by atoms with Crippen molar-refractivity contribution in [2.75, 3.05) is 0 Å². The van der Waals surface area contributed by atoms with Crippen LogP contribution >= 0.6 is 0 Å². The summed E-state index contributed by atoms with van der Waals surface area (Å²) in [7, 11) is 0. The molecule has 0 fully saturated rings. The van der Waals surface area contributed by atoms with Crippen molar-refractivity contribution in [2.24, 2.45) is 5.41 Å². The van der Waals surface area contributed by atoms with Crippen molar-refractivity contribution < 1.29 is 4.79 Å². The van der Waals surface area contributed by atoms with Crippen LogP contribution < -0.4 is 5.32 Å². The Hall–Kier alpha value is -1.82. The fourth-order valence-corrected chi connectivity index (χ4v) is 2.51. The van der Waals surface area contributed by atoms with E-state index in [0.29, 0.717) is 6.42 Å². The number of amides is 1. The third-order valence-electron chi connectivity index (χ3n) is 4.13. The standard InChI is InChI=1S/C16H20N2O/c1-3-16(2,11-17)15(19)18-14-10-6-8-12-7-4-5-9-13(12)14/h4-5,7,9,14H,3,6,8,10H2,1-2H3,(H,18,19).